The lowest BCUT2D eigenvalue weighted by Gasteiger charge is -2.07. The van der Waals surface area contributed by atoms with Crippen LogP contribution in [0.4, 0.5) is 5.82 Å². The van der Waals surface area contributed by atoms with Gasteiger partial charge in [-0.3, -0.25) is 4.72 Å². The molecular weight excluding hydrogens is 286 g/mol. The molecule has 0 aliphatic heterocycles. The van der Waals surface area contributed by atoms with Crippen LogP contribution in [-0.2, 0) is 10.0 Å². The van der Waals surface area contributed by atoms with Crippen molar-refractivity contribution < 1.29 is 8.42 Å². The lowest BCUT2D eigenvalue weighted by Crippen LogP contribution is -2.13. The van der Waals surface area contributed by atoms with Crippen molar-refractivity contribution in [2.45, 2.75) is 4.90 Å². The Morgan fingerprint density at radius 1 is 1.26 bits per heavy atom. The molecule has 0 saturated carbocycles. The van der Waals surface area contributed by atoms with Gasteiger partial charge in [-0.1, -0.05) is 17.7 Å². The molecule has 0 amide bonds. The maximum absolute atomic E-state index is 12.1. The van der Waals surface area contributed by atoms with Gasteiger partial charge in [-0.15, -0.1) is 0 Å². The van der Waals surface area contributed by atoms with Crippen molar-refractivity contribution in [3.8, 4) is 6.07 Å². The van der Waals surface area contributed by atoms with Crippen LogP contribution in [0.2, 0.25) is 5.02 Å². The molecule has 0 aliphatic rings. The summed E-state index contributed by atoms with van der Waals surface area (Å²) in [6, 6.07) is 10.6. The van der Waals surface area contributed by atoms with E-state index in [9.17, 15) is 8.42 Å². The summed E-state index contributed by atoms with van der Waals surface area (Å²) in [5, 5.41) is 9.17. The van der Waals surface area contributed by atoms with Gasteiger partial charge >= 0.3 is 0 Å². The summed E-state index contributed by atoms with van der Waals surface area (Å²) in [6.07, 6.45) is 1.34. The van der Waals surface area contributed by atoms with Crippen LogP contribution in [-0.4, -0.2) is 13.4 Å². The van der Waals surface area contributed by atoms with Crippen molar-refractivity contribution in [3.05, 3.63) is 53.2 Å². The van der Waals surface area contributed by atoms with Crippen LogP contribution >= 0.6 is 11.6 Å². The summed E-state index contributed by atoms with van der Waals surface area (Å²) in [6.45, 7) is 0. The van der Waals surface area contributed by atoms with Crippen LogP contribution in [0.3, 0.4) is 0 Å². The van der Waals surface area contributed by atoms with Gasteiger partial charge in [0, 0.05) is 6.20 Å². The van der Waals surface area contributed by atoms with Crippen molar-refractivity contribution in [1.82, 2.24) is 4.98 Å². The molecule has 2 aromatic rings. The standard InChI is InChI=1S/C12H8ClN3O2S/c13-10-4-5-12(15-8-10)16-19(17,18)11-3-1-2-9(6-11)7-14/h1-6,8H,(H,15,16). The van der Waals surface area contributed by atoms with E-state index in [1.807, 2.05) is 6.07 Å². The van der Waals surface area contributed by atoms with Crippen LogP contribution in [0.5, 0.6) is 0 Å². The molecule has 0 fully saturated rings. The molecule has 0 bridgehead atoms. The van der Waals surface area contributed by atoms with Crippen molar-refractivity contribution >= 4 is 27.4 Å². The monoisotopic (exact) mass is 293 g/mol. The zero-order valence-corrected chi connectivity index (χ0v) is 11.1. The largest absolute Gasteiger partial charge is 0.263 e. The molecule has 5 nitrogen and oxygen atoms in total. The molecule has 0 saturated heterocycles. The zero-order chi connectivity index (χ0) is 13.9. The summed E-state index contributed by atoms with van der Waals surface area (Å²) in [4.78, 5) is 3.85. The molecule has 1 aromatic heterocycles. The first kappa shape index (κ1) is 13.3. The SMILES string of the molecule is N#Cc1cccc(S(=O)(=O)Nc2ccc(Cl)cn2)c1. The van der Waals surface area contributed by atoms with E-state index < -0.39 is 10.0 Å². The van der Waals surface area contributed by atoms with E-state index in [1.165, 1.54) is 42.6 Å². The molecule has 0 atom stereocenters. The Hall–Kier alpha value is -2.10. The Kier molecular flexibility index (Phi) is 3.69. The maximum atomic E-state index is 12.1. The van der Waals surface area contributed by atoms with Crippen LogP contribution in [0.25, 0.3) is 0 Å². The van der Waals surface area contributed by atoms with Gasteiger partial charge in [0.1, 0.15) is 5.82 Å². The van der Waals surface area contributed by atoms with Crippen molar-refractivity contribution in [3.63, 3.8) is 0 Å². The predicted molar refractivity (Wildman–Crippen MR) is 71.2 cm³/mol. The van der Waals surface area contributed by atoms with Gasteiger partial charge in [-0.05, 0) is 30.3 Å². The van der Waals surface area contributed by atoms with E-state index in [4.69, 9.17) is 16.9 Å². The molecule has 1 N–H and O–H groups in total. The van der Waals surface area contributed by atoms with Gasteiger partial charge in [0.15, 0.2) is 0 Å². The molecule has 96 valence electrons. The van der Waals surface area contributed by atoms with Crippen LogP contribution in [0.15, 0.2) is 47.5 Å². The third kappa shape index (κ3) is 3.22. The lowest BCUT2D eigenvalue weighted by atomic mass is 10.2. The summed E-state index contributed by atoms with van der Waals surface area (Å²) in [7, 11) is -3.77. The van der Waals surface area contributed by atoms with E-state index in [0.717, 1.165) is 0 Å². The highest BCUT2D eigenvalue weighted by atomic mass is 35.5. The number of anilines is 1. The molecule has 1 aromatic carbocycles. The van der Waals surface area contributed by atoms with E-state index in [-0.39, 0.29) is 16.3 Å². The van der Waals surface area contributed by atoms with E-state index in [2.05, 4.69) is 9.71 Å². The fraction of sp³-hybridized carbons (Fsp3) is 0. The second kappa shape index (κ2) is 5.26. The summed E-state index contributed by atoms with van der Waals surface area (Å²) in [5.41, 5.74) is 0.270. The number of aromatic nitrogens is 1. The van der Waals surface area contributed by atoms with Crippen LogP contribution in [0, 0.1) is 11.3 Å². The molecule has 7 heteroatoms. The molecule has 0 unspecified atom stereocenters. The molecule has 1 heterocycles. The molecule has 0 spiro atoms. The highest BCUT2D eigenvalue weighted by molar-refractivity contribution is 7.92. The Balaban J connectivity index is 2.32. The third-order valence-electron chi connectivity index (χ3n) is 2.24. The fourth-order valence-electron chi connectivity index (χ4n) is 1.37. The van der Waals surface area contributed by atoms with Crippen molar-refractivity contribution in [1.29, 1.82) is 5.26 Å². The van der Waals surface area contributed by atoms with Gasteiger partial charge in [-0.2, -0.15) is 5.26 Å². The number of nitrogens with one attached hydrogen (secondary N) is 1. The number of pyridine rings is 1. The minimum absolute atomic E-state index is 0.00306. The Morgan fingerprint density at radius 2 is 2.05 bits per heavy atom. The molecule has 19 heavy (non-hydrogen) atoms. The van der Waals surface area contributed by atoms with Gasteiger partial charge in [0.2, 0.25) is 0 Å². The number of halogens is 1. The quantitative estimate of drug-likeness (QED) is 0.942. The zero-order valence-electron chi connectivity index (χ0n) is 9.54. The topological polar surface area (TPSA) is 82.8 Å². The average Bonchev–Trinajstić information content (AvgIpc) is 2.41. The first-order chi connectivity index (χ1) is 9.01. The number of nitrogens with zero attached hydrogens (tertiary/aromatic N) is 2. The predicted octanol–water partition coefficient (Wildman–Crippen LogP) is 2.41. The van der Waals surface area contributed by atoms with Crippen molar-refractivity contribution in [2.75, 3.05) is 4.72 Å². The van der Waals surface area contributed by atoms with Gasteiger partial charge in [0.05, 0.1) is 21.6 Å². The average molecular weight is 294 g/mol. The maximum Gasteiger partial charge on any atom is 0.263 e. The Morgan fingerprint density at radius 3 is 2.68 bits per heavy atom. The van der Waals surface area contributed by atoms with Crippen LogP contribution < -0.4 is 4.72 Å². The Labute approximate surface area is 115 Å². The van der Waals surface area contributed by atoms with E-state index >= 15 is 0 Å². The number of hydrogen-bond donors (Lipinski definition) is 1. The molecular formula is C12H8ClN3O2S. The smallest absolute Gasteiger partial charge is 0.263 e. The minimum Gasteiger partial charge on any atom is -0.263 e. The minimum atomic E-state index is -3.77. The number of sulfonamides is 1. The summed E-state index contributed by atoms with van der Waals surface area (Å²) < 4.78 is 26.4. The lowest BCUT2D eigenvalue weighted by molar-refractivity contribution is 0.601. The first-order valence-corrected chi connectivity index (χ1v) is 7.02. The summed E-state index contributed by atoms with van der Waals surface area (Å²) >= 11 is 5.66. The Bertz CT molecular complexity index is 736. The normalized spacial score (nSPS) is 10.7. The third-order valence-corrected chi connectivity index (χ3v) is 3.82. The molecule has 2 rings (SSSR count). The first-order valence-electron chi connectivity index (χ1n) is 5.16. The number of nitriles is 1. The van der Waals surface area contributed by atoms with Gasteiger partial charge in [0.25, 0.3) is 10.0 Å². The van der Waals surface area contributed by atoms with Gasteiger partial charge in [-0.25, -0.2) is 13.4 Å². The summed E-state index contributed by atoms with van der Waals surface area (Å²) in [5.74, 6) is 0.159. The number of rotatable bonds is 3. The fourth-order valence-corrected chi connectivity index (χ4v) is 2.53. The van der Waals surface area contributed by atoms with Crippen molar-refractivity contribution in [2.24, 2.45) is 0 Å². The number of benzene rings is 1. The van der Waals surface area contributed by atoms with Gasteiger partial charge < -0.3 is 0 Å². The second-order valence-corrected chi connectivity index (χ2v) is 5.73. The molecule has 0 aliphatic carbocycles. The highest BCUT2D eigenvalue weighted by Crippen LogP contribution is 2.16. The van der Waals surface area contributed by atoms with Crippen LogP contribution in [0.1, 0.15) is 5.56 Å². The number of hydrogen-bond acceptors (Lipinski definition) is 4. The van der Waals surface area contributed by atoms with E-state index in [1.54, 1.807) is 0 Å². The highest BCUT2D eigenvalue weighted by Gasteiger charge is 2.15. The molecule has 0 radical (unpaired) electrons. The van der Waals surface area contributed by atoms with E-state index in [0.29, 0.717) is 5.02 Å². The second-order valence-electron chi connectivity index (χ2n) is 3.61.